The van der Waals surface area contributed by atoms with Gasteiger partial charge >= 0.3 is 0 Å². The van der Waals surface area contributed by atoms with Gasteiger partial charge in [0.1, 0.15) is 11.6 Å². The Morgan fingerprint density at radius 2 is 2.19 bits per heavy atom. The highest BCUT2D eigenvalue weighted by Crippen LogP contribution is 2.24. The number of hydrogen-bond acceptors (Lipinski definition) is 5. The zero-order chi connectivity index (χ0) is 18.4. The summed E-state index contributed by atoms with van der Waals surface area (Å²) in [5.41, 5.74) is -0.489. The second-order valence-electron chi connectivity index (χ2n) is 6.68. The van der Waals surface area contributed by atoms with Crippen molar-refractivity contribution >= 4 is 11.7 Å². The molecule has 1 aromatic heterocycles. The van der Waals surface area contributed by atoms with E-state index in [1.807, 2.05) is 4.90 Å². The maximum atomic E-state index is 13.6. The number of piperidine rings is 1. The van der Waals surface area contributed by atoms with Crippen molar-refractivity contribution in [1.82, 2.24) is 15.3 Å². The van der Waals surface area contributed by atoms with Gasteiger partial charge in [0.15, 0.2) is 0 Å². The van der Waals surface area contributed by atoms with Crippen molar-refractivity contribution in [2.75, 3.05) is 24.5 Å². The second kappa shape index (κ2) is 8.23. The first-order valence-electron chi connectivity index (χ1n) is 8.79. The number of anilines is 1. The molecular formula is C19H23FN4O2. The number of β-amino-alcohol motifs (C(OH)–C–C–N with tert-alkyl or cyclic N) is 1. The van der Waals surface area contributed by atoms with E-state index in [4.69, 9.17) is 0 Å². The number of aryl methyl sites for hydroxylation is 1. The van der Waals surface area contributed by atoms with E-state index in [1.54, 1.807) is 36.8 Å². The maximum Gasteiger partial charge on any atom is 0.220 e. The number of halogens is 1. The van der Waals surface area contributed by atoms with Crippen molar-refractivity contribution in [3.05, 3.63) is 54.2 Å². The summed E-state index contributed by atoms with van der Waals surface area (Å²) in [7, 11) is 0. The van der Waals surface area contributed by atoms with Crippen LogP contribution in [0.5, 0.6) is 0 Å². The highest BCUT2D eigenvalue weighted by Gasteiger charge is 2.34. The molecule has 0 bridgehead atoms. The summed E-state index contributed by atoms with van der Waals surface area (Å²) in [6.45, 7) is 1.35. The van der Waals surface area contributed by atoms with E-state index < -0.39 is 5.60 Å². The number of nitrogens with one attached hydrogen (secondary N) is 1. The molecule has 3 rings (SSSR count). The molecule has 6 nitrogen and oxygen atoms in total. The Kier molecular flexibility index (Phi) is 5.78. The molecule has 1 amide bonds. The Bertz CT molecular complexity index is 743. The van der Waals surface area contributed by atoms with Gasteiger partial charge in [-0.15, -0.1) is 0 Å². The standard InChI is InChI=1S/C19H23FN4O2/c20-16-5-2-1-4-15(16)6-7-18(25)23-13-19(26)8-3-11-24(14-19)17-12-21-9-10-22-17/h1-2,4-5,9-10,12,26H,3,6-8,11,13-14H2,(H,23,25)/t19-/m1/s1. The van der Waals surface area contributed by atoms with Crippen molar-refractivity contribution in [2.24, 2.45) is 0 Å². The third kappa shape index (κ3) is 4.76. The lowest BCUT2D eigenvalue weighted by Gasteiger charge is -2.39. The van der Waals surface area contributed by atoms with E-state index in [2.05, 4.69) is 15.3 Å². The maximum absolute atomic E-state index is 13.6. The topological polar surface area (TPSA) is 78.4 Å². The van der Waals surface area contributed by atoms with Crippen LogP contribution in [0.15, 0.2) is 42.9 Å². The normalized spacial score (nSPS) is 20.0. The predicted molar refractivity (Wildman–Crippen MR) is 96.2 cm³/mol. The average molecular weight is 358 g/mol. The van der Waals surface area contributed by atoms with Gasteiger partial charge in [-0.1, -0.05) is 18.2 Å². The summed E-state index contributed by atoms with van der Waals surface area (Å²) in [5.74, 6) is 0.223. The third-order valence-electron chi connectivity index (χ3n) is 4.62. The average Bonchev–Trinajstić information content (AvgIpc) is 2.67. The lowest BCUT2D eigenvalue weighted by atomic mass is 9.92. The number of aliphatic hydroxyl groups is 1. The second-order valence-corrected chi connectivity index (χ2v) is 6.68. The Balaban J connectivity index is 1.50. The Morgan fingerprint density at radius 1 is 1.35 bits per heavy atom. The molecular weight excluding hydrogens is 335 g/mol. The molecule has 138 valence electrons. The van der Waals surface area contributed by atoms with Gasteiger partial charge in [0.2, 0.25) is 5.91 Å². The predicted octanol–water partition coefficient (Wildman–Crippen LogP) is 1.70. The summed E-state index contributed by atoms with van der Waals surface area (Å²) in [6, 6.07) is 6.44. The molecule has 26 heavy (non-hydrogen) atoms. The van der Waals surface area contributed by atoms with E-state index in [0.29, 0.717) is 24.9 Å². The van der Waals surface area contributed by atoms with Gasteiger partial charge in [-0.2, -0.15) is 0 Å². The van der Waals surface area contributed by atoms with Crippen LogP contribution >= 0.6 is 0 Å². The molecule has 0 spiro atoms. The Hall–Kier alpha value is -2.54. The lowest BCUT2D eigenvalue weighted by molar-refractivity contribution is -0.122. The molecule has 0 saturated carbocycles. The first-order valence-corrected chi connectivity index (χ1v) is 8.79. The highest BCUT2D eigenvalue weighted by molar-refractivity contribution is 5.76. The molecule has 1 fully saturated rings. The van der Waals surface area contributed by atoms with Crippen LogP contribution in [0.2, 0.25) is 0 Å². The summed E-state index contributed by atoms with van der Waals surface area (Å²) < 4.78 is 13.6. The van der Waals surface area contributed by atoms with Gasteiger partial charge in [-0.05, 0) is 30.9 Å². The van der Waals surface area contributed by atoms with Crippen LogP contribution in [0.4, 0.5) is 10.2 Å². The van der Waals surface area contributed by atoms with Crippen molar-refractivity contribution in [1.29, 1.82) is 0 Å². The Morgan fingerprint density at radius 3 is 2.96 bits per heavy atom. The van der Waals surface area contributed by atoms with Crippen LogP contribution in [0, 0.1) is 5.82 Å². The van der Waals surface area contributed by atoms with E-state index in [1.165, 1.54) is 6.07 Å². The zero-order valence-electron chi connectivity index (χ0n) is 14.6. The lowest BCUT2D eigenvalue weighted by Crippen LogP contribution is -2.54. The van der Waals surface area contributed by atoms with E-state index in [0.717, 1.165) is 18.8 Å². The first-order chi connectivity index (χ1) is 12.6. The van der Waals surface area contributed by atoms with Gasteiger partial charge < -0.3 is 15.3 Å². The quantitative estimate of drug-likeness (QED) is 0.822. The SMILES string of the molecule is O=C(CCc1ccccc1F)NC[C@]1(O)CCCN(c2cnccn2)C1. The molecule has 0 radical (unpaired) electrons. The summed E-state index contributed by atoms with van der Waals surface area (Å²) in [4.78, 5) is 22.4. The minimum Gasteiger partial charge on any atom is -0.386 e. The van der Waals surface area contributed by atoms with Gasteiger partial charge in [0, 0.05) is 38.4 Å². The van der Waals surface area contributed by atoms with E-state index in [9.17, 15) is 14.3 Å². The highest BCUT2D eigenvalue weighted by atomic mass is 19.1. The van der Waals surface area contributed by atoms with Gasteiger partial charge in [-0.3, -0.25) is 9.78 Å². The summed E-state index contributed by atoms with van der Waals surface area (Å²) in [6.07, 6.45) is 6.82. The molecule has 1 saturated heterocycles. The fraction of sp³-hybridized carbons (Fsp3) is 0.421. The third-order valence-corrected chi connectivity index (χ3v) is 4.62. The van der Waals surface area contributed by atoms with Crippen LogP contribution in [-0.4, -0.2) is 46.2 Å². The van der Waals surface area contributed by atoms with Crippen LogP contribution in [0.3, 0.4) is 0 Å². The van der Waals surface area contributed by atoms with Crippen molar-refractivity contribution in [3.8, 4) is 0 Å². The number of carbonyl (C=O) groups is 1. The number of rotatable bonds is 6. The molecule has 2 heterocycles. The number of hydrogen-bond donors (Lipinski definition) is 2. The van der Waals surface area contributed by atoms with Crippen molar-refractivity contribution in [2.45, 2.75) is 31.3 Å². The molecule has 7 heteroatoms. The molecule has 2 aromatic rings. The van der Waals surface area contributed by atoms with E-state index >= 15 is 0 Å². The zero-order valence-corrected chi connectivity index (χ0v) is 14.6. The van der Waals surface area contributed by atoms with Gasteiger partial charge in [0.25, 0.3) is 0 Å². The smallest absolute Gasteiger partial charge is 0.220 e. The van der Waals surface area contributed by atoms with E-state index in [-0.39, 0.29) is 24.7 Å². The molecule has 1 aliphatic rings. The van der Waals surface area contributed by atoms with Gasteiger partial charge in [0.05, 0.1) is 11.8 Å². The molecule has 2 N–H and O–H groups in total. The van der Waals surface area contributed by atoms with Crippen LogP contribution < -0.4 is 10.2 Å². The first kappa shape index (κ1) is 18.3. The molecule has 0 unspecified atom stereocenters. The minimum atomic E-state index is -1.01. The van der Waals surface area contributed by atoms with Gasteiger partial charge in [-0.25, -0.2) is 9.37 Å². The number of aromatic nitrogens is 2. The fourth-order valence-corrected chi connectivity index (χ4v) is 3.21. The minimum absolute atomic E-state index is 0.167. The number of benzene rings is 1. The largest absolute Gasteiger partial charge is 0.386 e. The molecule has 1 atom stereocenters. The number of amides is 1. The summed E-state index contributed by atoms with van der Waals surface area (Å²) >= 11 is 0. The fourth-order valence-electron chi connectivity index (χ4n) is 3.21. The molecule has 0 aliphatic carbocycles. The molecule has 1 aromatic carbocycles. The Labute approximate surface area is 152 Å². The van der Waals surface area contributed by atoms with Crippen LogP contribution in [0.25, 0.3) is 0 Å². The number of nitrogens with zero attached hydrogens (tertiary/aromatic N) is 3. The monoisotopic (exact) mass is 358 g/mol. The number of carbonyl (C=O) groups excluding carboxylic acids is 1. The molecule has 1 aliphatic heterocycles. The van der Waals surface area contributed by atoms with Crippen LogP contribution in [0.1, 0.15) is 24.8 Å². The summed E-state index contributed by atoms with van der Waals surface area (Å²) in [5, 5.41) is 13.6. The van der Waals surface area contributed by atoms with Crippen molar-refractivity contribution in [3.63, 3.8) is 0 Å². The van der Waals surface area contributed by atoms with Crippen molar-refractivity contribution < 1.29 is 14.3 Å². The van der Waals surface area contributed by atoms with Crippen LogP contribution in [-0.2, 0) is 11.2 Å².